The van der Waals surface area contributed by atoms with Gasteiger partial charge in [-0.15, -0.1) is 11.3 Å². The monoisotopic (exact) mass is 521 g/mol. The molecule has 2 aromatic heterocycles. The number of thiazole rings is 1. The molecule has 5 aromatic rings. The smallest absolute Gasteiger partial charge is 0.257 e. The molecule has 38 heavy (non-hydrogen) atoms. The third kappa shape index (κ3) is 4.96. The Labute approximate surface area is 224 Å². The van der Waals surface area contributed by atoms with Crippen molar-refractivity contribution < 1.29 is 4.79 Å². The normalized spacial score (nSPS) is 14.1. The van der Waals surface area contributed by atoms with Gasteiger partial charge in [0.15, 0.2) is 5.13 Å². The fourth-order valence-corrected chi connectivity index (χ4v) is 5.69. The third-order valence-corrected chi connectivity index (χ3v) is 7.57. The quantitative estimate of drug-likeness (QED) is 0.345. The van der Waals surface area contributed by atoms with Gasteiger partial charge in [0.2, 0.25) is 5.91 Å². The number of amides is 1. The minimum atomic E-state index is -0.0664. The molecule has 8 heteroatoms. The van der Waals surface area contributed by atoms with Crippen LogP contribution in [0.25, 0.3) is 27.8 Å². The van der Waals surface area contributed by atoms with Gasteiger partial charge in [-0.25, -0.2) is 4.98 Å². The molecule has 0 saturated carbocycles. The van der Waals surface area contributed by atoms with Gasteiger partial charge in [-0.1, -0.05) is 66.7 Å². The summed E-state index contributed by atoms with van der Waals surface area (Å²) >= 11 is 1.43. The highest BCUT2D eigenvalue weighted by Gasteiger charge is 2.22. The first-order chi connectivity index (χ1) is 18.7. The van der Waals surface area contributed by atoms with Crippen molar-refractivity contribution in [3.63, 3.8) is 0 Å². The Hall–Kier alpha value is -4.27. The Morgan fingerprint density at radius 2 is 1.55 bits per heavy atom. The van der Waals surface area contributed by atoms with Crippen molar-refractivity contribution >= 4 is 39.0 Å². The van der Waals surface area contributed by atoms with Gasteiger partial charge in [-0.2, -0.15) is 0 Å². The summed E-state index contributed by atoms with van der Waals surface area (Å²) < 4.78 is 1.77. The van der Waals surface area contributed by atoms with Gasteiger partial charge >= 0.3 is 0 Å². The van der Waals surface area contributed by atoms with E-state index in [1.165, 1.54) is 11.3 Å². The number of carbonyl (C=O) groups is 1. The lowest BCUT2D eigenvalue weighted by Crippen LogP contribution is -2.49. The number of anilines is 2. The Balaban J connectivity index is 1.12. The predicted molar refractivity (Wildman–Crippen MR) is 154 cm³/mol. The van der Waals surface area contributed by atoms with E-state index < -0.39 is 0 Å². The van der Waals surface area contributed by atoms with Crippen molar-refractivity contribution in [3.05, 3.63) is 107 Å². The summed E-state index contributed by atoms with van der Waals surface area (Å²) in [5.41, 5.74) is 4.53. The lowest BCUT2D eigenvalue weighted by molar-refractivity contribution is -0.117. The Kier molecular flexibility index (Phi) is 6.73. The van der Waals surface area contributed by atoms with E-state index in [-0.39, 0.29) is 11.5 Å². The number of fused-ring (bicyclic) bond motifs is 1. The van der Waals surface area contributed by atoms with Crippen molar-refractivity contribution in [2.24, 2.45) is 0 Å². The number of rotatable bonds is 6. The average molecular weight is 522 g/mol. The number of pyridine rings is 1. The second-order valence-corrected chi connectivity index (χ2v) is 10.1. The van der Waals surface area contributed by atoms with Crippen LogP contribution >= 0.6 is 11.3 Å². The van der Waals surface area contributed by atoms with E-state index in [1.807, 2.05) is 84.2 Å². The van der Waals surface area contributed by atoms with Crippen molar-refractivity contribution in [2.75, 3.05) is 42.9 Å². The fourth-order valence-electron chi connectivity index (χ4n) is 4.95. The van der Waals surface area contributed by atoms with Crippen LogP contribution in [0, 0.1) is 0 Å². The average Bonchev–Trinajstić information content (AvgIpc) is 3.42. The maximum atomic E-state index is 13.2. The summed E-state index contributed by atoms with van der Waals surface area (Å²) in [5, 5.41) is 6.55. The van der Waals surface area contributed by atoms with Crippen LogP contribution in [-0.4, -0.2) is 53.1 Å². The summed E-state index contributed by atoms with van der Waals surface area (Å²) in [5.74, 6) is -0.0664. The van der Waals surface area contributed by atoms with Gasteiger partial charge in [0, 0.05) is 54.3 Å². The zero-order valence-corrected chi connectivity index (χ0v) is 21.6. The maximum Gasteiger partial charge on any atom is 0.257 e. The standard InChI is InChI=1S/C30H27N5O2S/c36-28(32-30-31-25(21-38-30)22-9-3-1-4-10-22)20-33-15-17-34(18-16-33)27-19-29(37)35(23-11-5-2-6-12-23)26-14-8-7-13-24(26)27/h1-14,19,21H,15-18,20H2,(H,31,32,36). The van der Waals surface area contributed by atoms with E-state index in [9.17, 15) is 9.59 Å². The molecule has 0 atom stereocenters. The molecule has 1 fully saturated rings. The number of carbonyl (C=O) groups excluding carboxylic acids is 1. The van der Waals surface area contributed by atoms with Gasteiger partial charge in [-0.3, -0.25) is 19.1 Å². The second kappa shape index (κ2) is 10.6. The number of hydrogen-bond donors (Lipinski definition) is 1. The number of hydrogen-bond acceptors (Lipinski definition) is 6. The minimum absolute atomic E-state index is 0.0509. The van der Waals surface area contributed by atoms with Crippen LogP contribution in [-0.2, 0) is 4.79 Å². The third-order valence-electron chi connectivity index (χ3n) is 6.82. The topological polar surface area (TPSA) is 70.5 Å². The number of benzene rings is 3. The van der Waals surface area contributed by atoms with Crippen LogP contribution in [0.5, 0.6) is 0 Å². The lowest BCUT2D eigenvalue weighted by Gasteiger charge is -2.36. The first-order valence-electron chi connectivity index (χ1n) is 12.6. The molecule has 0 unspecified atom stereocenters. The Morgan fingerprint density at radius 1 is 0.868 bits per heavy atom. The van der Waals surface area contributed by atoms with E-state index in [0.717, 1.165) is 59.7 Å². The molecule has 3 heterocycles. The minimum Gasteiger partial charge on any atom is -0.368 e. The number of aromatic nitrogens is 2. The number of nitrogens with zero attached hydrogens (tertiary/aromatic N) is 4. The summed E-state index contributed by atoms with van der Waals surface area (Å²) in [7, 11) is 0. The fraction of sp³-hybridized carbons (Fsp3) is 0.167. The van der Waals surface area contributed by atoms with Crippen LogP contribution in [0.4, 0.5) is 10.8 Å². The first kappa shape index (κ1) is 24.1. The van der Waals surface area contributed by atoms with E-state index in [0.29, 0.717) is 11.7 Å². The molecule has 1 aliphatic heterocycles. The van der Waals surface area contributed by atoms with Crippen LogP contribution in [0.2, 0.25) is 0 Å². The molecule has 0 radical (unpaired) electrons. The van der Waals surface area contributed by atoms with Gasteiger partial charge in [0.25, 0.3) is 5.56 Å². The van der Waals surface area contributed by atoms with Crippen LogP contribution in [0.3, 0.4) is 0 Å². The summed E-state index contributed by atoms with van der Waals surface area (Å²) in [6.45, 7) is 3.25. The van der Waals surface area contributed by atoms with Crippen molar-refractivity contribution in [3.8, 4) is 16.9 Å². The van der Waals surface area contributed by atoms with Crippen LogP contribution in [0.1, 0.15) is 0 Å². The Morgan fingerprint density at radius 3 is 2.32 bits per heavy atom. The Bertz CT molecular complexity index is 1620. The zero-order valence-electron chi connectivity index (χ0n) is 20.8. The van der Waals surface area contributed by atoms with E-state index >= 15 is 0 Å². The first-order valence-corrected chi connectivity index (χ1v) is 13.5. The van der Waals surface area contributed by atoms with Gasteiger partial charge < -0.3 is 10.2 Å². The van der Waals surface area contributed by atoms with Crippen LogP contribution in [0.15, 0.2) is 101 Å². The molecule has 1 amide bonds. The van der Waals surface area contributed by atoms with Gasteiger partial charge in [0.05, 0.1) is 23.4 Å². The predicted octanol–water partition coefficient (Wildman–Crippen LogP) is 4.87. The molecule has 0 spiro atoms. The molecule has 0 bridgehead atoms. The van der Waals surface area contributed by atoms with E-state index in [4.69, 9.17) is 0 Å². The molecule has 1 N–H and O–H groups in total. The van der Waals surface area contributed by atoms with Gasteiger partial charge in [-0.05, 0) is 18.2 Å². The van der Waals surface area contributed by atoms with Crippen LogP contribution < -0.4 is 15.8 Å². The van der Waals surface area contributed by atoms with E-state index in [1.54, 1.807) is 10.6 Å². The number of para-hydroxylation sites is 2. The van der Waals surface area contributed by atoms with E-state index in [2.05, 4.69) is 26.2 Å². The van der Waals surface area contributed by atoms with Crippen molar-refractivity contribution in [1.29, 1.82) is 0 Å². The molecular weight excluding hydrogens is 494 g/mol. The molecule has 1 aliphatic rings. The molecule has 6 rings (SSSR count). The molecule has 3 aromatic carbocycles. The summed E-state index contributed by atoms with van der Waals surface area (Å²) in [6, 6.07) is 29.4. The largest absolute Gasteiger partial charge is 0.368 e. The summed E-state index contributed by atoms with van der Waals surface area (Å²) in [4.78, 5) is 34.9. The molecule has 190 valence electrons. The highest BCUT2D eigenvalue weighted by atomic mass is 32.1. The lowest BCUT2D eigenvalue weighted by atomic mass is 10.1. The highest BCUT2D eigenvalue weighted by Crippen LogP contribution is 2.28. The zero-order chi connectivity index (χ0) is 25.9. The molecule has 7 nitrogen and oxygen atoms in total. The van der Waals surface area contributed by atoms with Crippen molar-refractivity contribution in [1.82, 2.24) is 14.5 Å². The molecule has 0 aliphatic carbocycles. The SMILES string of the molecule is O=C(CN1CCN(c2cc(=O)n(-c3ccccc3)c3ccccc23)CC1)Nc1nc(-c2ccccc2)cs1. The summed E-state index contributed by atoms with van der Waals surface area (Å²) in [6.07, 6.45) is 0. The van der Waals surface area contributed by atoms with Gasteiger partial charge in [0.1, 0.15) is 0 Å². The number of piperazine rings is 1. The van der Waals surface area contributed by atoms with Crippen molar-refractivity contribution in [2.45, 2.75) is 0 Å². The number of nitrogens with one attached hydrogen (secondary N) is 1. The molecule has 1 saturated heterocycles. The molecular formula is C30H27N5O2S. The maximum absolute atomic E-state index is 13.2. The second-order valence-electron chi connectivity index (χ2n) is 9.27. The highest BCUT2D eigenvalue weighted by molar-refractivity contribution is 7.14.